The predicted octanol–water partition coefficient (Wildman–Crippen LogP) is 5.95. The molecular weight excluding hydrogens is 494 g/mol. The van der Waals surface area contributed by atoms with Crippen molar-refractivity contribution in [2.75, 3.05) is 20.8 Å². The van der Waals surface area contributed by atoms with Crippen molar-refractivity contribution in [3.05, 3.63) is 76.1 Å². The molecule has 0 aromatic heterocycles. The van der Waals surface area contributed by atoms with E-state index in [4.69, 9.17) is 18.9 Å². The molecule has 0 bridgehead atoms. The number of ether oxygens (including phenoxy) is 4. The summed E-state index contributed by atoms with van der Waals surface area (Å²) in [7, 11) is 3.22. The van der Waals surface area contributed by atoms with Crippen LogP contribution < -0.4 is 19.5 Å². The van der Waals surface area contributed by atoms with Crippen LogP contribution in [0.5, 0.6) is 17.2 Å². The van der Waals surface area contributed by atoms with Gasteiger partial charge in [0.15, 0.2) is 17.3 Å². The van der Waals surface area contributed by atoms with E-state index in [1.807, 2.05) is 56.3 Å². The SMILES string of the molecule is CCOc1ccccc1[C@@H]1C(C(=O)OC2CCCC2)=C(C)NC2=C1C(=O)C[C@@H](c1ccc(OC)c(OC)c1)C2. The molecule has 3 aliphatic rings. The highest BCUT2D eigenvalue weighted by Gasteiger charge is 2.43. The highest BCUT2D eigenvalue weighted by Crippen LogP contribution is 2.48. The number of para-hydroxylation sites is 1. The lowest BCUT2D eigenvalue weighted by molar-refractivity contribution is -0.144. The van der Waals surface area contributed by atoms with Crippen LogP contribution in [0.2, 0.25) is 0 Å². The van der Waals surface area contributed by atoms with Crippen molar-refractivity contribution in [2.24, 2.45) is 0 Å². The van der Waals surface area contributed by atoms with E-state index in [1.165, 1.54) is 0 Å². The van der Waals surface area contributed by atoms with Gasteiger partial charge in [-0.05, 0) is 75.6 Å². The number of carbonyl (C=O) groups is 2. The van der Waals surface area contributed by atoms with E-state index in [9.17, 15) is 9.59 Å². The molecule has 1 aliphatic heterocycles. The van der Waals surface area contributed by atoms with Gasteiger partial charge in [-0.15, -0.1) is 0 Å². The fraction of sp³-hybridized carbons (Fsp3) is 0.438. The molecule has 39 heavy (non-hydrogen) atoms. The number of hydrogen-bond acceptors (Lipinski definition) is 7. The van der Waals surface area contributed by atoms with Crippen molar-refractivity contribution in [1.29, 1.82) is 0 Å². The molecule has 2 atom stereocenters. The molecule has 0 spiro atoms. The van der Waals surface area contributed by atoms with Gasteiger partial charge in [0, 0.05) is 29.0 Å². The summed E-state index contributed by atoms with van der Waals surface area (Å²) in [5, 5.41) is 3.45. The molecule has 206 valence electrons. The molecule has 5 rings (SSSR count). The summed E-state index contributed by atoms with van der Waals surface area (Å²) < 4.78 is 22.9. The van der Waals surface area contributed by atoms with Gasteiger partial charge < -0.3 is 24.3 Å². The number of nitrogens with one attached hydrogen (secondary N) is 1. The smallest absolute Gasteiger partial charge is 0.337 e. The fourth-order valence-electron chi connectivity index (χ4n) is 6.19. The van der Waals surface area contributed by atoms with Gasteiger partial charge in [0.25, 0.3) is 0 Å². The van der Waals surface area contributed by atoms with E-state index in [0.717, 1.165) is 42.5 Å². The van der Waals surface area contributed by atoms with Crippen LogP contribution in [-0.4, -0.2) is 38.7 Å². The van der Waals surface area contributed by atoms with Gasteiger partial charge in [-0.1, -0.05) is 24.3 Å². The molecule has 1 heterocycles. The molecule has 0 saturated heterocycles. The van der Waals surface area contributed by atoms with Crippen LogP contribution in [0.4, 0.5) is 0 Å². The molecule has 1 saturated carbocycles. The van der Waals surface area contributed by atoms with Gasteiger partial charge >= 0.3 is 5.97 Å². The van der Waals surface area contributed by atoms with Crippen molar-refractivity contribution in [3.8, 4) is 17.2 Å². The highest BCUT2D eigenvalue weighted by molar-refractivity contribution is 6.04. The van der Waals surface area contributed by atoms with Crippen LogP contribution >= 0.6 is 0 Å². The minimum atomic E-state index is -0.559. The average molecular weight is 532 g/mol. The third-order valence-electron chi connectivity index (χ3n) is 8.03. The Kier molecular flexibility index (Phi) is 7.96. The molecule has 7 heteroatoms. The second kappa shape index (κ2) is 11.6. The molecule has 0 unspecified atom stereocenters. The largest absolute Gasteiger partial charge is 0.494 e. The number of allylic oxidation sites excluding steroid dienone is 3. The second-order valence-corrected chi connectivity index (χ2v) is 10.4. The summed E-state index contributed by atoms with van der Waals surface area (Å²) >= 11 is 0. The number of dihydropyridines is 1. The van der Waals surface area contributed by atoms with Crippen molar-refractivity contribution in [3.63, 3.8) is 0 Å². The lowest BCUT2D eigenvalue weighted by atomic mass is 9.71. The minimum absolute atomic E-state index is 0.0125. The monoisotopic (exact) mass is 531 g/mol. The summed E-state index contributed by atoms with van der Waals surface area (Å²) in [4.78, 5) is 27.7. The van der Waals surface area contributed by atoms with Crippen molar-refractivity contribution >= 4 is 11.8 Å². The van der Waals surface area contributed by atoms with E-state index < -0.39 is 5.92 Å². The molecule has 1 fully saturated rings. The Morgan fingerprint density at radius 1 is 0.974 bits per heavy atom. The summed E-state index contributed by atoms with van der Waals surface area (Å²) in [6, 6.07) is 13.5. The maximum Gasteiger partial charge on any atom is 0.337 e. The number of esters is 1. The number of benzene rings is 2. The zero-order chi connectivity index (χ0) is 27.5. The van der Waals surface area contributed by atoms with Gasteiger partial charge in [-0.2, -0.15) is 0 Å². The molecule has 2 aliphatic carbocycles. The zero-order valence-electron chi connectivity index (χ0n) is 23.2. The molecule has 2 aromatic carbocycles. The third-order valence-corrected chi connectivity index (χ3v) is 8.03. The fourth-order valence-corrected chi connectivity index (χ4v) is 6.19. The standard InChI is InChI=1S/C32H37NO6/c1-5-38-26-13-9-8-12-23(26)30-29(32(35)39-22-10-6-7-11-22)19(2)33-24-16-21(17-25(34)31(24)30)20-14-15-27(36-3)28(18-20)37-4/h8-9,12-15,18,21-22,30,33H,5-7,10-11,16-17H2,1-4H3/t21-,30+/m0/s1. The van der Waals surface area contributed by atoms with Crippen molar-refractivity contribution < 1.29 is 28.5 Å². The summed E-state index contributed by atoms with van der Waals surface area (Å²) in [6.07, 6.45) is 4.77. The van der Waals surface area contributed by atoms with Gasteiger partial charge in [-0.25, -0.2) is 4.79 Å². The Balaban J connectivity index is 1.56. The number of rotatable bonds is 8. The number of methoxy groups -OCH3 is 2. The van der Waals surface area contributed by atoms with Crippen molar-refractivity contribution in [1.82, 2.24) is 5.32 Å². The maximum atomic E-state index is 14.0. The first-order valence-electron chi connectivity index (χ1n) is 13.8. The summed E-state index contributed by atoms with van der Waals surface area (Å²) in [5.41, 5.74) is 4.50. The third kappa shape index (κ3) is 5.27. The average Bonchev–Trinajstić information content (AvgIpc) is 3.45. The van der Waals surface area contributed by atoms with Gasteiger partial charge in [0.2, 0.25) is 0 Å². The quantitative estimate of drug-likeness (QED) is 0.422. The van der Waals surface area contributed by atoms with Crippen LogP contribution in [0.3, 0.4) is 0 Å². The first kappa shape index (κ1) is 26.9. The first-order valence-corrected chi connectivity index (χ1v) is 13.8. The Hall–Kier alpha value is -3.74. The van der Waals surface area contributed by atoms with E-state index >= 15 is 0 Å². The number of Topliss-reactive ketones (excluding diaryl/α,β-unsaturated/α-hetero) is 1. The molecule has 0 radical (unpaired) electrons. The summed E-state index contributed by atoms with van der Waals surface area (Å²) in [6.45, 7) is 4.31. The van der Waals surface area contributed by atoms with Gasteiger partial charge in [0.05, 0.1) is 32.3 Å². The molecule has 1 N–H and O–H groups in total. The lowest BCUT2D eigenvalue weighted by Gasteiger charge is -2.37. The minimum Gasteiger partial charge on any atom is -0.494 e. The Labute approximate surface area is 230 Å². The Morgan fingerprint density at radius 2 is 1.72 bits per heavy atom. The second-order valence-electron chi connectivity index (χ2n) is 10.4. The van der Waals surface area contributed by atoms with E-state index in [1.54, 1.807) is 14.2 Å². The van der Waals surface area contributed by atoms with Gasteiger partial charge in [0.1, 0.15) is 11.9 Å². The van der Waals surface area contributed by atoms with Crippen molar-refractivity contribution in [2.45, 2.75) is 70.3 Å². The van der Waals surface area contributed by atoms with Crippen LogP contribution in [0.25, 0.3) is 0 Å². The van der Waals surface area contributed by atoms with E-state index in [0.29, 0.717) is 53.5 Å². The topological polar surface area (TPSA) is 83.1 Å². The molecule has 0 amide bonds. The molecular formula is C32H37NO6. The lowest BCUT2D eigenvalue weighted by Crippen LogP contribution is -2.36. The maximum absolute atomic E-state index is 14.0. The highest BCUT2D eigenvalue weighted by atomic mass is 16.5. The Morgan fingerprint density at radius 3 is 2.44 bits per heavy atom. The Bertz CT molecular complexity index is 1320. The zero-order valence-corrected chi connectivity index (χ0v) is 23.2. The molecule has 2 aromatic rings. The van der Waals surface area contributed by atoms with Crippen LogP contribution in [0.15, 0.2) is 65.0 Å². The number of ketones is 1. The number of hydrogen-bond donors (Lipinski definition) is 1. The predicted molar refractivity (Wildman–Crippen MR) is 148 cm³/mol. The number of carbonyl (C=O) groups excluding carboxylic acids is 2. The van der Waals surface area contributed by atoms with Crippen LogP contribution in [0.1, 0.15) is 75.3 Å². The van der Waals surface area contributed by atoms with Gasteiger partial charge in [-0.3, -0.25) is 4.79 Å². The summed E-state index contributed by atoms with van der Waals surface area (Å²) in [5.74, 6) is 1.02. The normalized spacial score (nSPS) is 21.4. The van der Waals surface area contributed by atoms with Crippen LogP contribution in [-0.2, 0) is 14.3 Å². The van der Waals surface area contributed by atoms with Crippen LogP contribution in [0, 0.1) is 0 Å². The molecule has 7 nitrogen and oxygen atoms in total. The van der Waals surface area contributed by atoms with E-state index in [-0.39, 0.29) is 23.8 Å². The van der Waals surface area contributed by atoms with E-state index in [2.05, 4.69) is 5.32 Å². The first-order chi connectivity index (χ1) is 18.9.